The Labute approximate surface area is 78.7 Å². The van der Waals surface area contributed by atoms with Gasteiger partial charge in [0, 0.05) is 18.2 Å². The van der Waals surface area contributed by atoms with Crippen molar-refractivity contribution in [3.8, 4) is 0 Å². The molecule has 1 rings (SSSR count). The summed E-state index contributed by atoms with van der Waals surface area (Å²) >= 11 is 1.08. The minimum Gasteiger partial charge on any atom is -0.375 e. The van der Waals surface area contributed by atoms with Gasteiger partial charge in [-0.1, -0.05) is 11.3 Å². The first kappa shape index (κ1) is 9.94. The Hall–Kier alpha value is -1.14. The zero-order valence-electron chi connectivity index (χ0n) is 7.12. The van der Waals surface area contributed by atoms with Gasteiger partial charge in [-0.2, -0.15) is 0 Å². The van der Waals surface area contributed by atoms with Gasteiger partial charge in [0.25, 0.3) is 0 Å². The number of carbonyl (C=O) groups is 1. The fourth-order valence-corrected chi connectivity index (χ4v) is 1.36. The smallest absolute Gasteiger partial charge is 0.304 e. The Kier molecular flexibility index (Phi) is 3.66. The van der Waals surface area contributed by atoms with Gasteiger partial charge in [0.1, 0.15) is 6.61 Å². The Morgan fingerprint density at radius 3 is 3.08 bits per heavy atom. The van der Waals surface area contributed by atoms with Crippen LogP contribution in [0.2, 0.25) is 0 Å². The van der Waals surface area contributed by atoms with Gasteiger partial charge in [-0.15, -0.1) is 0 Å². The molecule has 0 bridgehead atoms. The third kappa shape index (κ3) is 3.39. The van der Waals surface area contributed by atoms with Crippen LogP contribution in [-0.4, -0.2) is 24.6 Å². The van der Waals surface area contributed by atoms with E-state index in [9.17, 15) is 9.59 Å². The monoisotopic (exact) mass is 202 g/mol. The molecule has 1 heterocycles. The molecule has 1 amide bonds. The Morgan fingerprint density at radius 2 is 2.54 bits per heavy atom. The molecule has 0 aromatic carbocycles. The lowest BCUT2D eigenvalue weighted by Crippen LogP contribution is -2.26. The molecule has 6 heteroatoms. The number of aromatic nitrogens is 1. The minimum absolute atomic E-state index is 0.0361. The van der Waals surface area contributed by atoms with Crippen molar-refractivity contribution >= 4 is 17.2 Å². The van der Waals surface area contributed by atoms with Gasteiger partial charge in [-0.05, 0) is 0 Å². The molecular formula is C7H10N2O3S. The molecule has 0 aliphatic heterocycles. The second kappa shape index (κ2) is 4.78. The van der Waals surface area contributed by atoms with Crippen LogP contribution in [-0.2, 0) is 16.1 Å². The van der Waals surface area contributed by atoms with Crippen LogP contribution >= 0.6 is 11.3 Å². The van der Waals surface area contributed by atoms with Gasteiger partial charge in [-0.25, -0.2) is 0 Å². The number of aromatic amines is 1. The first-order valence-corrected chi connectivity index (χ1v) is 4.52. The summed E-state index contributed by atoms with van der Waals surface area (Å²) in [7, 11) is 1.45. The summed E-state index contributed by atoms with van der Waals surface area (Å²) in [5, 5.41) is 4.26. The quantitative estimate of drug-likeness (QED) is 0.704. The van der Waals surface area contributed by atoms with Crippen molar-refractivity contribution in [2.24, 2.45) is 0 Å². The first-order chi connectivity index (χ1) is 6.22. The van der Waals surface area contributed by atoms with Crippen molar-refractivity contribution in [1.29, 1.82) is 0 Å². The molecule has 5 nitrogen and oxygen atoms in total. The number of hydrogen-bond acceptors (Lipinski definition) is 4. The van der Waals surface area contributed by atoms with Crippen molar-refractivity contribution < 1.29 is 9.53 Å². The highest BCUT2D eigenvalue weighted by atomic mass is 32.1. The van der Waals surface area contributed by atoms with Crippen LogP contribution < -0.4 is 10.2 Å². The molecule has 0 aliphatic carbocycles. The number of carbonyl (C=O) groups excluding carboxylic acids is 1. The summed E-state index contributed by atoms with van der Waals surface area (Å²) in [5.74, 6) is -0.199. The van der Waals surface area contributed by atoms with E-state index in [0.29, 0.717) is 12.2 Å². The Morgan fingerprint density at radius 1 is 1.77 bits per heavy atom. The number of amides is 1. The normalized spacial score (nSPS) is 9.92. The third-order valence-corrected chi connectivity index (χ3v) is 2.04. The van der Waals surface area contributed by atoms with Gasteiger partial charge < -0.3 is 15.0 Å². The standard InChI is InChI=1S/C7H10N2O3S/c1-12-3-6(10)8-2-5-4-13-7(11)9-5/h4H,2-3H2,1H3,(H,8,10)(H,9,11). The summed E-state index contributed by atoms with van der Waals surface area (Å²) in [5.41, 5.74) is 0.708. The molecule has 2 N–H and O–H groups in total. The van der Waals surface area contributed by atoms with E-state index in [1.807, 2.05) is 0 Å². The number of H-pyrrole nitrogens is 1. The third-order valence-electron chi connectivity index (χ3n) is 1.32. The molecule has 0 fully saturated rings. The van der Waals surface area contributed by atoms with E-state index in [0.717, 1.165) is 11.3 Å². The summed E-state index contributed by atoms with van der Waals surface area (Å²) < 4.78 is 4.62. The van der Waals surface area contributed by atoms with E-state index < -0.39 is 0 Å². The zero-order valence-corrected chi connectivity index (χ0v) is 7.94. The average Bonchev–Trinajstić information content (AvgIpc) is 2.49. The molecule has 0 unspecified atom stereocenters. The second-order valence-electron chi connectivity index (χ2n) is 2.38. The molecular weight excluding hydrogens is 192 g/mol. The van der Waals surface area contributed by atoms with Crippen molar-refractivity contribution in [3.63, 3.8) is 0 Å². The van der Waals surface area contributed by atoms with E-state index in [2.05, 4.69) is 15.0 Å². The van der Waals surface area contributed by atoms with Crippen LogP contribution in [0.25, 0.3) is 0 Å². The van der Waals surface area contributed by atoms with Crippen LogP contribution in [0.15, 0.2) is 10.2 Å². The highest BCUT2D eigenvalue weighted by Gasteiger charge is 2.00. The Balaban J connectivity index is 2.35. The van der Waals surface area contributed by atoms with E-state index in [4.69, 9.17) is 0 Å². The lowest BCUT2D eigenvalue weighted by atomic mass is 10.5. The van der Waals surface area contributed by atoms with Gasteiger partial charge in [0.05, 0.1) is 6.54 Å². The molecule has 0 spiro atoms. The predicted molar refractivity (Wildman–Crippen MR) is 48.7 cm³/mol. The number of ether oxygens (including phenoxy) is 1. The topological polar surface area (TPSA) is 71.2 Å². The first-order valence-electron chi connectivity index (χ1n) is 3.64. The number of methoxy groups -OCH3 is 1. The molecule has 72 valence electrons. The molecule has 0 saturated carbocycles. The Bertz CT molecular complexity index is 330. The fourth-order valence-electron chi connectivity index (χ4n) is 0.776. The maximum absolute atomic E-state index is 10.9. The van der Waals surface area contributed by atoms with Crippen molar-refractivity contribution in [2.45, 2.75) is 6.54 Å². The predicted octanol–water partition coefficient (Wildman–Crippen LogP) is -0.301. The molecule has 0 radical (unpaired) electrons. The summed E-state index contributed by atoms with van der Waals surface area (Å²) in [6.45, 7) is 0.370. The fraction of sp³-hybridized carbons (Fsp3) is 0.429. The van der Waals surface area contributed by atoms with E-state index in [1.165, 1.54) is 7.11 Å². The van der Waals surface area contributed by atoms with Crippen molar-refractivity contribution in [3.05, 3.63) is 20.7 Å². The minimum atomic E-state index is -0.199. The zero-order chi connectivity index (χ0) is 9.68. The number of nitrogens with one attached hydrogen (secondary N) is 2. The maximum atomic E-state index is 10.9. The van der Waals surface area contributed by atoms with Gasteiger partial charge in [-0.3, -0.25) is 9.59 Å². The largest absolute Gasteiger partial charge is 0.375 e. The maximum Gasteiger partial charge on any atom is 0.304 e. The average molecular weight is 202 g/mol. The highest BCUT2D eigenvalue weighted by Crippen LogP contribution is 1.93. The molecule has 1 aromatic heterocycles. The van der Waals surface area contributed by atoms with Crippen LogP contribution in [0.1, 0.15) is 5.69 Å². The molecule has 0 aliphatic rings. The number of rotatable bonds is 4. The highest BCUT2D eigenvalue weighted by molar-refractivity contribution is 7.07. The van der Waals surface area contributed by atoms with Crippen LogP contribution in [0.5, 0.6) is 0 Å². The van der Waals surface area contributed by atoms with Crippen LogP contribution in [0.4, 0.5) is 0 Å². The SMILES string of the molecule is COCC(=O)NCc1csc(=O)[nH]1. The summed E-state index contributed by atoms with van der Waals surface area (Å²) in [4.78, 5) is 24.1. The van der Waals surface area contributed by atoms with E-state index in [1.54, 1.807) is 5.38 Å². The van der Waals surface area contributed by atoms with Crippen LogP contribution in [0.3, 0.4) is 0 Å². The lowest BCUT2D eigenvalue weighted by Gasteiger charge is -2.01. The molecule has 0 saturated heterocycles. The van der Waals surface area contributed by atoms with E-state index in [-0.39, 0.29) is 17.4 Å². The number of hydrogen-bond donors (Lipinski definition) is 2. The molecule has 13 heavy (non-hydrogen) atoms. The number of thiazole rings is 1. The van der Waals surface area contributed by atoms with E-state index >= 15 is 0 Å². The summed E-state index contributed by atoms with van der Waals surface area (Å²) in [6, 6.07) is 0. The van der Waals surface area contributed by atoms with Crippen molar-refractivity contribution in [1.82, 2.24) is 10.3 Å². The molecule has 1 aromatic rings. The van der Waals surface area contributed by atoms with Crippen LogP contribution in [0, 0.1) is 0 Å². The summed E-state index contributed by atoms with van der Waals surface area (Å²) in [6.07, 6.45) is 0. The van der Waals surface area contributed by atoms with Gasteiger partial charge in [0.2, 0.25) is 5.91 Å². The van der Waals surface area contributed by atoms with Crippen molar-refractivity contribution in [2.75, 3.05) is 13.7 Å². The van der Waals surface area contributed by atoms with Gasteiger partial charge >= 0.3 is 4.87 Å². The second-order valence-corrected chi connectivity index (χ2v) is 3.23. The molecule has 0 atom stereocenters. The lowest BCUT2D eigenvalue weighted by molar-refractivity contribution is -0.124. The van der Waals surface area contributed by atoms with Gasteiger partial charge in [0.15, 0.2) is 0 Å².